The fraction of sp³-hybridized carbons (Fsp3) is 0.381. The van der Waals surface area contributed by atoms with Crippen molar-refractivity contribution >= 4 is 5.91 Å². The molecule has 0 bridgehead atoms. The second-order valence-electron chi connectivity index (χ2n) is 6.78. The smallest absolute Gasteiger partial charge is 0.258 e. The van der Waals surface area contributed by atoms with Gasteiger partial charge in [-0.05, 0) is 72.9 Å². The summed E-state index contributed by atoms with van der Waals surface area (Å²) in [6.07, 6.45) is 6.73. The van der Waals surface area contributed by atoms with Crippen molar-refractivity contribution in [1.82, 2.24) is 5.32 Å². The summed E-state index contributed by atoms with van der Waals surface area (Å²) in [5.41, 5.74) is 5.41. The fourth-order valence-corrected chi connectivity index (χ4v) is 3.93. The largest absolute Gasteiger partial charge is 0.484 e. The second-order valence-corrected chi connectivity index (χ2v) is 6.78. The van der Waals surface area contributed by atoms with Crippen LogP contribution in [0.25, 0.3) is 0 Å². The van der Waals surface area contributed by atoms with Crippen LogP contribution in [0.5, 0.6) is 5.75 Å². The van der Waals surface area contributed by atoms with Gasteiger partial charge in [-0.25, -0.2) is 0 Å². The Hall–Kier alpha value is -2.29. The van der Waals surface area contributed by atoms with E-state index in [0.717, 1.165) is 37.9 Å². The maximum atomic E-state index is 12.3. The lowest BCUT2D eigenvalue weighted by molar-refractivity contribution is -0.123. The minimum absolute atomic E-state index is 0.0443. The van der Waals surface area contributed by atoms with Crippen molar-refractivity contribution in [2.45, 2.75) is 44.6 Å². The van der Waals surface area contributed by atoms with Gasteiger partial charge in [-0.2, -0.15) is 0 Å². The van der Waals surface area contributed by atoms with E-state index in [1.54, 1.807) is 0 Å². The van der Waals surface area contributed by atoms with Crippen LogP contribution in [0.3, 0.4) is 0 Å². The molecule has 0 aromatic heterocycles. The Morgan fingerprint density at radius 3 is 2.79 bits per heavy atom. The molecule has 0 saturated carbocycles. The summed E-state index contributed by atoms with van der Waals surface area (Å²) in [6.45, 7) is 0.0808. The number of fused-ring (bicyclic) bond motifs is 2. The van der Waals surface area contributed by atoms with Crippen LogP contribution in [0.1, 0.15) is 47.6 Å². The van der Waals surface area contributed by atoms with Crippen molar-refractivity contribution in [1.29, 1.82) is 0 Å². The van der Waals surface area contributed by atoms with E-state index in [1.807, 2.05) is 12.1 Å². The topological polar surface area (TPSA) is 38.3 Å². The van der Waals surface area contributed by atoms with Crippen LogP contribution in [-0.4, -0.2) is 12.5 Å². The molecule has 124 valence electrons. The van der Waals surface area contributed by atoms with Crippen molar-refractivity contribution in [2.24, 2.45) is 0 Å². The molecule has 2 aromatic carbocycles. The van der Waals surface area contributed by atoms with Gasteiger partial charge in [0, 0.05) is 0 Å². The minimum Gasteiger partial charge on any atom is -0.484 e. The lowest BCUT2D eigenvalue weighted by Crippen LogP contribution is -2.34. The lowest BCUT2D eigenvalue weighted by atomic mass is 9.88. The normalized spacial score (nSPS) is 18.6. The molecule has 0 radical (unpaired) electrons. The van der Waals surface area contributed by atoms with Crippen LogP contribution in [0, 0.1) is 0 Å². The van der Waals surface area contributed by atoms with E-state index in [-0.39, 0.29) is 18.6 Å². The zero-order chi connectivity index (χ0) is 16.4. The molecular weight excluding hydrogens is 298 g/mol. The second kappa shape index (κ2) is 6.68. The first-order valence-electron chi connectivity index (χ1n) is 8.91. The SMILES string of the molecule is O=C(COc1ccc2c(c1)CCC2)N[C@@H]1CCCc2ccccc21. The highest BCUT2D eigenvalue weighted by molar-refractivity contribution is 5.78. The van der Waals surface area contributed by atoms with Crippen LogP contribution in [-0.2, 0) is 24.1 Å². The molecule has 2 aliphatic rings. The Bertz CT molecular complexity index is 753. The molecule has 4 rings (SSSR count). The van der Waals surface area contributed by atoms with E-state index in [1.165, 1.54) is 28.7 Å². The van der Waals surface area contributed by atoms with Gasteiger partial charge in [0.2, 0.25) is 0 Å². The van der Waals surface area contributed by atoms with E-state index in [2.05, 4.69) is 35.6 Å². The molecule has 3 nitrogen and oxygen atoms in total. The number of hydrogen-bond acceptors (Lipinski definition) is 2. The number of hydrogen-bond donors (Lipinski definition) is 1. The quantitative estimate of drug-likeness (QED) is 0.931. The molecule has 0 unspecified atom stereocenters. The zero-order valence-corrected chi connectivity index (χ0v) is 13.9. The van der Waals surface area contributed by atoms with Crippen molar-refractivity contribution in [3.05, 3.63) is 64.7 Å². The summed E-state index contributed by atoms with van der Waals surface area (Å²) in [7, 11) is 0. The van der Waals surface area contributed by atoms with E-state index in [9.17, 15) is 4.79 Å². The maximum absolute atomic E-state index is 12.3. The molecule has 0 saturated heterocycles. The fourth-order valence-electron chi connectivity index (χ4n) is 3.93. The predicted octanol–water partition coefficient (Wildman–Crippen LogP) is 3.75. The molecule has 0 heterocycles. The van der Waals surface area contributed by atoms with Crippen molar-refractivity contribution in [2.75, 3.05) is 6.61 Å². The van der Waals surface area contributed by atoms with Gasteiger partial charge in [-0.3, -0.25) is 4.79 Å². The third-order valence-corrected chi connectivity index (χ3v) is 5.14. The summed E-state index contributed by atoms with van der Waals surface area (Å²) in [4.78, 5) is 12.3. The van der Waals surface area contributed by atoms with Crippen LogP contribution >= 0.6 is 0 Å². The first kappa shape index (κ1) is 15.3. The van der Waals surface area contributed by atoms with E-state index in [4.69, 9.17) is 4.74 Å². The predicted molar refractivity (Wildman–Crippen MR) is 94.2 cm³/mol. The lowest BCUT2D eigenvalue weighted by Gasteiger charge is -2.26. The van der Waals surface area contributed by atoms with E-state index in [0.29, 0.717) is 0 Å². The van der Waals surface area contributed by atoms with Gasteiger partial charge < -0.3 is 10.1 Å². The van der Waals surface area contributed by atoms with Gasteiger partial charge in [0.25, 0.3) is 5.91 Å². The molecule has 1 N–H and O–H groups in total. The number of nitrogens with one attached hydrogen (secondary N) is 1. The number of rotatable bonds is 4. The van der Waals surface area contributed by atoms with Gasteiger partial charge in [-0.1, -0.05) is 30.3 Å². The van der Waals surface area contributed by atoms with Gasteiger partial charge in [-0.15, -0.1) is 0 Å². The maximum Gasteiger partial charge on any atom is 0.258 e. The minimum atomic E-state index is -0.0443. The standard InChI is InChI=1S/C21H23NO2/c23-21(14-24-18-12-11-15-6-3-8-17(15)13-18)22-20-10-4-7-16-5-1-2-9-19(16)20/h1-2,5,9,11-13,20H,3-4,6-8,10,14H2,(H,22,23)/t20-/m1/s1. The summed E-state index contributed by atoms with van der Waals surface area (Å²) in [5, 5.41) is 3.13. The Morgan fingerprint density at radius 1 is 1.00 bits per heavy atom. The molecule has 0 aliphatic heterocycles. The molecule has 1 amide bonds. The number of aryl methyl sites for hydroxylation is 3. The number of amides is 1. The van der Waals surface area contributed by atoms with Crippen LogP contribution < -0.4 is 10.1 Å². The highest BCUT2D eigenvalue weighted by Gasteiger charge is 2.21. The number of ether oxygens (including phenoxy) is 1. The van der Waals surface area contributed by atoms with Crippen molar-refractivity contribution in [3.63, 3.8) is 0 Å². The van der Waals surface area contributed by atoms with Gasteiger partial charge >= 0.3 is 0 Å². The highest BCUT2D eigenvalue weighted by Crippen LogP contribution is 2.29. The monoisotopic (exact) mass is 321 g/mol. The zero-order valence-electron chi connectivity index (χ0n) is 13.9. The molecule has 2 aliphatic carbocycles. The summed E-state index contributed by atoms with van der Waals surface area (Å²) in [6, 6.07) is 14.7. The number of carbonyl (C=O) groups excluding carboxylic acids is 1. The molecular formula is C21H23NO2. The van der Waals surface area contributed by atoms with Gasteiger partial charge in [0.15, 0.2) is 6.61 Å². The first-order chi connectivity index (χ1) is 11.8. The molecule has 2 aromatic rings. The Morgan fingerprint density at radius 2 is 1.83 bits per heavy atom. The van der Waals surface area contributed by atoms with E-state index >= 15 is 0 Å². The summed E-state index contributed by atoms with van der Waals surface area (Å²) >= 11 is 0. The number of benzene rings is 2. The summed E-state index contributed by atoms with van der Waals surface area (Å²) in [5.74, 6) is 0.757. The molecule has 3 heteroatoms. The third-order valence-electron chi connectivity index (χ3n) is 5.14. The first-order valence-corrected chi connectivity index (χ1v) is 8.91. The number of carbonyl (C=O) groups is 1. The molecule has 24 heavy (non-hydrogen) atoms. The van der Waals surface area contributed by atoms with Gasteiger partial charge in [0.1, 0.15) is 5.75 Å². The van der Waals surface area contributed by atoms with Crippen LogP contribution in [0.2, 0.25) is 0 Å². The highest BCUT2D eigenvalue weighted by atomic mass is 16.5. The molecule has 1 atom stereocenters. The third kappa shape index (κ3) is 3.16. The van der Waals surface area contributed by atoms with Crippen LogP contribution in [0.4, 0.5) is 0 Å². The van der Waals surface area contributed by atoms with Gasteiger partial charge in [0.05, 0.1) is 6.04 Å². The van der Waals surface area contributed by atoms with Crippen LogP contribution in [0.15, 0.2) is 42.5 Å². The summed E-state index contributed by atoms with van der Waals surface area (Å²) < 4.78 is 5.71. The average molecular weight is 321 g/mol. The Kier molecular flexibility index (Phi) is 4.24. The van der Waals surface area contributed by atoms with Crippen molar-refractivity contribution in [3.8, 4) is 5.75 Å². The van der Waals surface area contributed by atoms with Crippen molar-refractivity contribution < 1.29 is 9.53 Å². The molecule has 0 fully saturated rings. The Labute approximate surface area is 143 Å². The average Bonchev–Trinajstić information content (AvgIpc) is 3.08. The van der Waals surface area contributed by atoms with E-state index < -0.39 is 0 Å². The molecule has 0 spiro atoms. The Balaban J connectivity index is 1.36.